The Morgan fingerprint density at radius 2 is 1.95 bits per heavy atom. The van der Waals surface area contributed by atoms with E-state index in [9.17, 15) is 14.0 Å². The van der Waals surface area contributed by atoms with Gasteiger partial charge in [-0.25, -0.2) is 4.39 Å². The molecule has 1 saturated heterocycles. The highest BCUT2D eigenvalue weighted by molar-refractivity contribution is 5.90. The molecule has 1 N–H and O–H groups in total. The van der Waals surface area contributed by atoms with Crippen LogP contribution in [0.3, 0.4) is 0 Å². The molecule has 0 aliphatic carbocycles. The minimum Gasteiger partial charge on any atom is -0.354 e. The van der Waals surface area contributed by atoms with E-state index in [0.717, 1.165) is 5.56 Å². The number of nitrogens with one attached hydrogen (secondary N) is 1. The van der Waals surface area contributed by atoms with Crippen LogP contribution in [-0.2, 0) is 9.59 Å². The Kier molecular flexibility index (Phi) is 4.06. The Hall–Kier alpha value is -1.91. The van der Waals surface area contributed by atoms with Crippen molar-refractivity contribution in [1.82, 2.24) is 10.2 Å². The monoisotopic (exact) mass is 278 g/mol. The number of benzene rings is 1. The van der Waals surface area contributed by atoms with Crippen molar-refractivity contribution >= 4 is 11.8 Å². The van der Waals surface area contributed by atoms with Gasteiger partial charge in [-0.05, 0) is 31.5 Å². The second-order valence-electron chi connectivity index (χ2n) is 5.47. The zero-order chi connectivity index (χ0) is 14.9. The minimum absolute atomic E-state index is 0.0253. The number of halogens is 1. The van der Waals surface area contributed by atoms with Gasteiger partial charge in [0.25, 0.3) is 0 Å². The van der Waals surface area contributed by atoms with Crippen molar-refractivity contribution in [3.8, 4) is 0 Å². The van der Waals surface area contributed by atoms with E-state index in [1.807, 2.05) is 13.8 Å². The molecule has 1 aromatic carbocycles. The van der Waals surface area contributed by atoms with Crippen LogP contribution in [0.2, 0.25) is 0 Å². The summed E-state index contributed by atoms with van der Waals surface area (Å²) in [6.45, 7) is 3.76. The number of carbonyl (C=O) groups excluding carboxylic acids is 2. The van der Waals surface area contributed by atoms with Crippen LogP contribution in [0.15, 0.2) is 24.3 Å². The normalized spacial score (nSPS) is 22.4. The van der Waals surface area contributed by atoms with Crippen LogP contribution >= 0.6 is 0 Å². The molecule has 0 saturated carbocycles. The van der Waals surface area contributed by atoms with Gasteiger partial charge >= 0.3 is 0 Å². The molecule has 1 aromatic rings. The van der Waals surface area contributed by atoms with Crippen LogP contribution < -0.4 is 5.32 Å². The van der Waals surface area contributed by atoms with Crippen LogP contribution in [0.4, 0.5) is 4.39 Å². The van der Waals surface area contributed by atoms with E-state index in [2.05, 4.69) is 5.32 Å². The van der Waals surface area contributed by atoms with E-state index in [1.54, 1.807) is 24.1 Å². The van der Waals surface area contributed by atoms with Crippen molar-refractivity contribution < 1.29 is 14.0 Å². The lowest BCUT2D eigenvalue weighted by molar-refractivity contribution is -0.128. The molecule has 1 heterocycles. The van der Waals surface area contributed by atoms with Crippen LogP contribution in [0.5, 0.6) is 0 Å². The lowest BCUT2D eigenvalue weighted by Gasteiger charge is -2.25. The summed E-state index contributed by atoms with van der Waals surface area (Å²) < 4.78 is 13.0. The third-order valence-corrected chi connectivity index (χ3v) is 3.57. The van der Waals surface area contributed by atoms with Gasteiger partial charge < -0.3 is 10.2 Å². The Morgan fingerprint density at radius 1 is 1.35 bits per heavy atom. The number of likely N-dealkylation sites (tertiary alicyclic amines) is 1. The molecule has 0 radical (unpaired) electrons. The zero-order valence-electron chi connectivity index (χ0n) is 11.9. The number of hydrogen-bond donors (Lipinski definition) is 1. The number of carbonyl (C=O) groups is 2. The van der Waals surface area contributed by atoms with Gasteiger partial charge in [0.2, 0.25) is 11.8 Å². The summed E-state index contributed by atoms with van der Waals surface area (Å²) in [5, 5.41) is 2.85. The van der Waals surface area contributed by atoms with Crippen molar-refractivity contribution in [3.05, 3.63) is 35.6 Å². The summed E-state index contributed by atoms with van der Waals surface area (Å²) in [7, 11) is 1.68. The molecule has 2 rings (SSSR count). The summed E-state index contributed by atoms with van der Waals surface area (Å²) in [5.41, 5.74) is 0.781. The van der Waals surface area contributed by atoms with Gasteiger partial charge in [0, 0.05) is 19.5 Å². The van der Waals surface area contributed by atoms with E-state index < -0.39 is 5.92 Å². The topological polar surface area (TPSA) is 49.4 Å². The summed E-state index contributed by atoms with van der Waals surface area (Å²) in [4.78, 5) is 25.7. The van der Waals surface area contributed by atoms with Crippen LogP contribution in [-0.4, -0.2) is 29.8 Å². The van der Waals surface area contributed by atoms with E-state index >= 15 is 0 Å². The maximum absolute atomic E-state index is 13.0. The molecule has 0 bridgehead atoms. The maximum atomic E-state index is 13.0. The highest BCUT2D eigenvalue weighted by Gasteiger charge is 2.42. The largest absolute Gasteiger partial charge is 0.354 e. The molecule has 1 aliphatic heterocycles. The lowest BCUT2D eigenvalue weighted by Crippen LogP contribution is -2.38. The van der Waals surface area contributed by atoms with Crippen molar-refractivity contribution in [2.24, 2.45) is 5.92 Å². The fourth-order valence-electron chi connectivity index (χ4n) is 2.61. The molecule has 2 amide bonds. The highest BCUT2D eigenvalue weighted by atomic mass is 19.1. The van der Waals surface area contributed by atoms with Crippen molar-refractivity contribution in [1.29, 1.82) is 0 Å². The second kappa shape index (κ2) is 5.61. The molecule has 108 valence electrons. The predicted octanol–water partition coefficient (Wildman–Crippen LogP) is 1.87. The molecule has 4 nitrogen and oxygen atoms in total. The average molecular weight is 278 g/mol. The van der Waals surface area contributed by atoms with Gasteiger partial charge in [-0.2, -0.15) is 0 Å². The van der Waals surface area contributed by atoms with Gasteiger partial charge in [-0.3, -0.25) is 9.59 Å². The first kappa shape index (κ1) is 14.5. The molecule has 1 fully saturated rings. The smallest absolute Gasteiger partial charge is 0.226 e. The quantitative estimate of drug-likeness (QED) is 0.917. The van der Waals surface area contributed by atoms with E-state index in [0.29, 0.717) is 0 Å². The van der Waals surface area contributed by atoms with E-state index in [-0.39, 0.29) is 36.1 Å². The van der Waals surface area contributed by atoms with Crippen LogP contribution in [0, 0.1) is 11.7 Å². The van der Waals surface area contributed by atoms with Crippen molar-refractivity contribution in [2.75, 3.05) is 7.05 Å². The first-order valence-corrected chi connectivity index (χ1v) is 6.71. The molecule has 0 unspecified atom stereocenters. The van der Waals surface area contributed by atoms with Gasteiger partial charge in [0.1, 0.15) is 5.82 Å². The van der Waals surface area contributed by atoms with Crippen molar-refractivity contribution in [3.63, 3.8) is 0 Å². The summed E-state index contributed by atoms with van der Waals surface area (Å²) in [5.74, 6) is -0.959. The Morgan fingerprint density at radius 3 is 2.50 bits per heavy atom. The number of amides is 2. The Balaban J connectivity index is 2.28. The molecule has 0 aromatic heterocycles. The van der Waals surface area contributed by atoms with Gasteiger partial charge in [-0.15, -0.1) is 0 Å². The molecule has 0 spiro atoms. The fourth-order valence-corrected chi connectivity index (χ4v) is 2.61. The molecule has 5 heteroatoms. The number of rotatable bonds is 3. The second-order valence-corrected chi connectivity index (χ2v) is 5.47. The molecule has 1 aliphatic rings. The van der Waals surface area contributed by atoms with Crippen LogP contribution in [0.25, 0.3) is 0 Å². The van der Waals surface area contributed by atoms with E-state index in [4.69, 9.17) is 0 Å². The maximum Gasteiger partial charge on any atom is 0.226 e. The van der Waals surface area contributed by atoms with Crippen molar-refractivity contribution in [2.45, 2.75) is 32.4 Å². The Bertz CT molecular complexity index is 513. The first-order valence-electron chi connectivity index (χ1n) is 6.71. The number of hydrogen-bond acceptors (Lipinski definition) is 2. The molecular formula is C15H19FN2O2. The summed E-state index contributed by atoms with van der Waals surface area (Å²) in [6.07, 6.45) is 0.192. The summed E-state index contributed by atoms with van der Waals surface area (Å²) >= 11 is 0. The van der Waals surface area contributed by atoms with Gasteiger partial charge in [-0.1, -0.05) is 12.1 Å². The fraction of sp³-hybridized carbons (Fsp3) is 0.467. The van der Waals surface area contributed by atoms with Crippen LogP contribution in [0.1, 0.15) is 31.9 Å². The van der Waals surface area contributed by atoms with Gasteiger partial charge in [0.15, 0.2) is 0 Å². The highest BCUT2D eigenvalue weighted by Crippen LogP contribution is 2.37. The summed E-state index contributed by atoms with van der Waals surface area (Å²) in [6, 6.07) is 5.65. The van der Waals surface area contributed by atoms with E-state index in [1.165, 1.54) is 12.1 Å². The molecule has 20 heavy (non-hydrogen) atoms. The molecule has 2 atom stereocenters. The average Bonchev–Trinajstić information content (AvgIpc) is 2.67. The first-order chi connectivity index (χ1) is 9.40. The lowest BCUT2D eigenvalue weighted by atomic mass is 9.92. The standard InChI is InChI=1S/C15H19FN2O2/c1-9(2)17-15(20)12-8-13(19)18(3)14(12)10-4-6-11(16)7-5-10/h4-7,9,12,14H,8H2,1-3H3,(H,17,20)/t12-,14-/m0/s1. The third-order valence-electron chi connectivity index (χ3n) is 3.57. The zero-order valence-corrected chi connectivity index (χ0v) is 11.9. The minimum atomic E-state index is -0.430. The Labute approximate surface area is 118 Å². The predicted molar refractivity (Wildman–Crippen MR) is 73.3 cm³/mol. The molecular weight excluding hydrogens is 259 g/mol. The third kappa shape index (κ3) is 2.81. The number of nitrogens with zero attached hydrogens (tertiary/aromatic N) is 1. The SMILES string of the molecule is CC(C)NC(=O)[C@H]1CC(=O)N(C)[C@H]1c1ccc(F)cc1. The van der Waals surface area contributed by atoms with Gasteiger partial charge in [0.05, 0.1) is 12.0 Å².